The number of fused-ring (bicyclic) bond motifs is 1. The van der Waals surface area contributed by atoms with Crippen molar-refractivity contribution >= 4 is 11.0 Å². The highest BCUT2D eigenvalue weighted by molar-refractivity contribution is 5.80. The first-order chi connectivity index (χ1) is 10.0. The Bertz CT molecular complexity index is 846. The summed E-state index contributed by atoms with van der Waals surface area (Å²) >= 11 is 0. The number of rotatable bonds is 2. The van der Waals surface area contributed by atoms with Crippen LogP contribution < -0.4 is 4.74 Å². The number of ether oxygens (including phenoxy) is 1. The number of nitrogens with zero attached hydrogens (tertiary/aromatic N) is 1. The minimum Gasteiger partial charge on any atom is -0.502 e. The number of imidazole rings is 1. The molecule has 1 heterocycles. The minimum absolute atomic E-state index is 0.0849. The van der Waals surface area contributed by atoms with Crippen LogP contribution in [0, 0.1) is 11.6 Å². The van der Waals surface area contributed by atoms with Crippen LogP contribution in [0.4, 0.5) is 8.78 Å². The maximum absolute atomic E-state index is 14.1. The monoisotopic (exact) mass is 292 g/mol. The van der Waals surface area contributed by atoms with Crippen LogP contribution in [0.2, 0.25) is 0 Å². The van der Waals surface area contributed by atoms with Crippen molar-refractivity contribution in [3.05, 3.63) is 35.9 Å². The molecule has 0 aliphatic heterocycles. The van der Waals surface area contributed by atoms with Crippen LogP contribution in [0.25, 0.3) is 22.4 Å². The van der Waals surface area contributed by atoms with Gasteiger partial charge in [0.15, 0.2) is 17.3 Å². The summed E-state index contributed by atoms with van der Waals surface area (Å²) in [5.41, 5.74) is 0.729. The van der Waals surface area contributed by atoms with Crippen LogP contribution in [0.5, 0.6) is 17.2 Å². The van der Waals surface area contributed by atoms with E-state index < -0.39 is 23.1 Å². The van der Waals surface area contributed by atoms with Crippen molar-refractivity contribution in [2.75, 3.05) is 7.11 Å². The summed E-state index contributed by atoms with van der Waals surface area (Å²) in [6.45, 7) is 0. The van der Waals surface area contributed by atoms with Crippen LogP contribution in [0.3, 0.4) is 0 Å². The lowest BCUT2D eigenvalue weighted by Gasteiger charge is -2.08. The summed E-state index contributed by atoms with van der Waals surface area (Å²) in [7, 11) is 1.27. The number of H-pyrrole nitrogens is 1. The normalized spacial score (nSPS) is 11.0. The van der Waals surface area contributed by atoms with Crippen molar-refractivity contribution < 1.29 is 23.7 Å². The van der Waals surface area contributed by atoms with E-state index in [1.165, 1.54) is 31.4 Å². The van der Waals surface area contributed by atoms with Crippen molar-refractivity contribution in [3.63, 3.8) is 0 Å². The third-order valence-corrected chi connectivity index (χ3v) is 3.10. The molecular weight excluding hydrogens is 282 g/mol. The fraction of sp³-hybridized carbons (Fsp3) is 0.0714. The van der Waals surface area contributed by atoms with Gasteiger partial charge in [-0.3, -0.25) is 0 Å². The van der Waals surface area contributed by atoms with Gasteiger partial charge < -0.3 is 19.9 Å². The molecule has 2 aromatic carbocycles. The molecule has 3 rings (SSSR count). The number of hydrogen-bond donors (Lipinski definition) is 3. The molecule has 1 aromatic heterocycles. The number of benzene rings is 2. The molecule has 5 nitrogen and oxygen atoms in total. The maximum atomic E-state index is 14.1. The van der Waals surface area contributed by atoms with E-state index in [0.717, 1.165) is 0 Å². The summed E-state index contributed by atoms with van der Waals surface area (Å²) in [5, 5.41) is 19.1. The molecule has 21 heavy (non-hydrogen) atoms. The highest BCUT2D eigenvalue weighted by Crippen LogP contribution is 2.42. The molecule has 3 N–H and O–H groups in total. The lowest BCUT2D eigenvalue weighted by atomic mass is 10.1. The van der Waals surface area contributed by atoms with Gasteiger partial charge in [-0.05, 0) is 24.3 Å². The van der Waals surface area contributed by atoms with E-state index in [0.29, 0.717) is 11.0 Å². The molecule has 0 spiro atoms. The molecule has 0 bridgehead atoms. The van der Waals surface area contributed by atoms with Gasteiger partial charge in [0.05, 0.1) is 23.7 Å². The topological polar surface area (TPSA) is 78.4 Å². The van der Waals surface area contributed by atoms with Crippen molar-refractivity contribution in [2.24, 2.45) is 0 Å². The second-order valence-corrected chi connectivity index (χ2v) is 4.38. The summed E-state index contributed by atoms with van der Waals surface area (Å²) in [4.78, 5) is 6.87. The standard InChI is InChI=1S/C14H10F2N2O3/c1-21-10-5-7(11(16)13(20)12(10)19)14-17-8-3-2-6(15)4-9(8)18-14/h2-5,19-20H,1H3,(H,17,18). The van der Waals surface area contributed by atoms with Crippen molar-refractivity contribution in [3.8, 4) is 28.6 Å². The molecule has 108 valence electrons. The zero-order valence-electron chi connectivity index (χ0n) is 10.8. The summed E-state index contributed by atoms with van der Waals surface area (Å²) in [6, 6.07) is 5.10. The van der Waals surface area contributed by atoms with E-state index in [-0.39, 0.29) is 17.1 Å². The van der Waals surface area contributed by atoms with Gasteiger partial charge in [-0.2, -0.15) is 0 Å². The average Bonchev–Trinajstić information content (AvgIpc) is 2.88. The van der Waals surface area contributed by atoms with E-state index in [1.807, 2.05) is 0 Å². The number of hydrogen-bond acceptors (Lipinski definition) is 4. The molecule has 0 saturated carbocycles. The molecule has 0 aliphatic rings. The van der Waals surface area contributed by atoms with Crippen LogP contribution in [0.15, 0.2) is 24.3 Å². The number of aromatic hydroxyl groups is 2. The molecule has 0 saturated heterocycles. The minimum atomic E-state index is -1.05. The predicted molar refractivity (Wildman–Crippen MR) is 71.3 cm³/mol. The Hall–Kier alpha value is -2.83. The molecular formula is C14H10F2N2O3. The molecule has 0 radical (unpaired) electrons. The Kier molecular flexibility index (Phi) is 2.90. The fourth-order valence-corrected chi connectivity index (χ4v) is 2.05. The van der Waals surface area contributed by atoms with Gasteiger partial charge >= 0.3 is 0 Å². The van der Waals surface area contributed by atoms with Crippen LogP contribution >= 0.6 is 0 Å². The van der Waals surface area contributed by atoms with E-state index in [4.69, 9.17) is 4.74 Å². The summed E-state index contributed by atoms with van der Waals surface area (Å²) in [5.74, 6) is -3.15. The Morgan fingerprint density at radius 3 is 2.62 bits per heavy atom. The maximum Gasteiger partial charge on any atom is 0.203 e. The van der Waals surface area contributed by atoms with Gasteiger partial charge in [-0.1, -0.05) is 0 Å². The molecule has 7 heteroatoms. The van der Waals surface area contributed by atoms with E-state index in [2.05, 4.69) is 9.97 Å². The molecule has 0 aliphatic carbocycles. The zero-order chi connectivity index (χ0) is 15.1. The number of aromatic nitrogens is 2. The van der Waals surface area contributed by atoms with Crippen molar-refractivity contribution in [1.29, 1.82) is 0 Å². The fourth-order valence-electron chi connectivity index (χ4n) is 2.05. The number of phenolic OH excluding ortho intramolecular Hbond substituents is 2. The summed E-state index contributed by atoms with van der Waals surface area (Å²) in [6.07, 6.45) is 0. The molecule has 0 unspecified atom stereocenters. The second-order valence-electron chi connectivity index (χ2n) is 4.38. The third-order valence-electron chi connectivity index (χ3n) is 3.10. The van der Waals surface area contributed by atoms with Gasteiger partial charge in [0, 0.05) is 0 Å². The smallest absolute Gasteiger partial charge is 0.203 e. The van der Waals surface area contributed by atoms with E-state index >= 15 is 0 Å². The Morgan fingerprint density at radius 2 is 1.90 bits per heavy atom. The molecule has 0 atom stereocenters. The average molecular weight is 292 g/mol. The number of nitrogens with one attached hydrogen (secondary N) is 1. The highest BCUT2D eigenvalue weighted by Gasteiger charge is 2.21. The molecule has 3 aromatic rings. The SMILES string of the molecule is COc1cc(-c2nc3ccc(F)cc3[nH]2)c(F)c(O)c1O. The van der Waals surface area contributed by atoms with Crippen LogP contribution in [-0.4, -0.2) is 27.3 Å². The van der Waals surface area contributed by atoms with Gasteiger partial charge in [-0.15, -0.1) is 0 Å². The highest BCUT2D eigenvalue weighted by atomic mass is 19.1. The van der Waals surface area contributed by atoms with Gasteiger partial charge in [0.25, 0.3) is 0 Å². The quantitative estimate of drug-likeness (QED) is 0.635. The zero-order valence-corrected chi connectivity index (χ0v) is 10.8. The summed E-state index contributed by atoms with van der Waals surface area (Å²) < 4.78 is 32.1. The second kappa shape index (κ2) is 4.62. The molecule has 0 fully saturated rings. The number of phenols is 2. The first kappa shape index (κ1) is 13.2. The first-order valence-electron chi connectivity index (χ1n) is 5.95. The lowest BCUT2D eigenvalue weighted by molar-refractivity contribution is 0.340. The van der Waals surface area contributed by atoms with E-state index in [1.54, 1.807) is 0 Å². The molecule has 0 amide bonds. The van der Waals surface area contributed by atoms with Gasteiger partial charge in [0.1, 0.15) is 11.6 Å². The number of halogens is 2. The number of methoxy groups -OCH3 is 1. The van der Waals surface area contributed by atoms with Crippen molar-refractivity contribution in [1.82, 2.24) is 9.97 Å². The lowest BCUT2D eigenvalue weighted by Crippen LogP contribution is -1.92. The van der Waals surface area contributed by atoms with Crippen molar-refractivity contribution in [2.45, 2.75) is 0 Å². The van der Waals surface area contributed by atoms with E-state index in [9.17, 15) is 19.0 Å². The Labute approximate surface area is 117 Å². The first-order valence-corrected chi connectivity index (χ1v) is 5.95. The number of aromatic amines is 1. The van der Waals surface area contributed by atoms with Crippen LogP contribution in [-0.2, 0) is 0 Å². The Balaban J connectivity index is 2.24. The largest absolute Gasteiger partial charge is 0.502 e. The van der Waals surface area contributed by atoms with Gasteiger partial charge in [0.2, 0.25) is 5.75 Å². The van der Waals surface area contributed by atoms with Crippen LogP contribution in [0.1, 0.15) is 0 Å². The van der Waals surface area contributed by atoms with Gasteiger partial charge in [-0.25, -0.2) is 13.8 Å². The predicted octanol–water partition coefficient (Wildman–Crippen LogP) is 2.93. The third kappa shape index (κ3) is 2.03. The Morgan fingerprint density at radius 1 is 1.14 bits per heavy atom.